The normalized spacial score (nSPS) is 10.9. The first kappa shape index (κ1) is 15.0. The van der Waals surface area contributed by atoms with Crippen molar-refractivity contribution in [2.24, 2.45) is 5.10 Å². The van der Waals surface area contributed by atoms with Crippen LogP contribution in [0.1, 0.15) is 11.3 Å². The molecule has 1 aromatic carbocycles. The maximum Gasteiger partial charge on any atom is 0.234 e. The van der Waals surface area contributed by atoms with Gasteiger partial charge in [-0.25, -0.2) is 0 Å². The van der Waals surface area contributed by atoms with Gasteiger partial charge in [-0.1, -0.05) is 16.8 Å². The van der Waals surface area contributed by atoms with Crippen LogP contribution in [0.15, 0.2) is 47.7 Å². The van der Waals surface area contributed by atoms with Gasteiger partial charge in [0.25, 0.3) is 0 Å². The van der Waals surface area contributed by atoms with E-state index in [1.165, 1.54) is 5.69 Å². The SMILES string of the molecule is Cc1c(N(C)C)ccc[n+]1/N=C/c1ccc(N(C)C)cc1. The van der Waals surface area contributed by atoms with Crippen LogP contribution in [0.2, 0.25) is 0 Å². The maximum absolute atomic E-state index is 4.54. The number of benzene rings is 1. The number of anilines is 2. The van der Waals surface area contributed by atoms with Gasteiger partial charge in [0.05, 0.1) is 0 Å². The number of hydrogen-bond donors (Lipinski definition) is 0. The first-order valence-electron chi connectivity index (χ1n) is 6.99. The lowest BCUT2D eigenvalue weighted by molar-refractivity contribution is -0.683. The maximum atomic E-state index is 4.54. The van der Waals surface area contributed by atoms with Crippen LogP contribution in [0.3, 0.4) is 0 Å². The van der Waals surface area contributed by atoms with Crippen molar-refractivity contribution in [3.63, 3.8) is 0 Å². The van der Waals surface area contributed by atoms with Crippen LogP contribution < -0.4 is 14.5 Å². The van der Waals surface area contributed by atoms with Crippen molar-refractivity contribution in [1.29, 1.82) is 0 Å². The Kier molecular flexibility index (Phi) is 4.58. The average molecular weight is 283 g/mol. The quantitative estimate of drug-likeness (QED) is 0.635. The van der Waals surface area contributed by atoms with E-state index in [-0.39, 0.29) is 0 Å². The summed E-state index contributed by atoms with van der Waals surface area (Å²) in [6, 6.07) is 12.4. The van der Waals surface area contributed by atoms with E-state index in [4.69, 9.17) is 0 Å². The topological polar surface area (TPSA) is 22.7 Å². The van der Waals surface area contributed by atoms with Crippen molar-refractivity contribution >= 4 is 17.6 Å². The molecule has 0 saturated carbocycles. The molecule has 1 aromatic heterocycles. The van der Waals surface area contributed by atoms with Crippen molar-refractivity contribution in [2.45, 2.75) is 6.92 Å². The third-order valence-electron chi connectivity index (χ3n) is 3.42. The standard InChI is InChI=1S/C17H23N4/c1-14-17(20(4)5)7-6-12-21(14)18-13-15-8-10-16(11-9-15)19(2)3/h6-13H,1-5H3/q+1/b18-13+. The molecule has 0 N–H and O–H groups in total. The molecule has 0 aliphatic heterocycles. The molecular formula is C17H23N4+. The van der Waals surface area contributed by atoms with Crippen LogP contribution >= 0.6 is 0 Å². The van der Waals surface area contributed by atoms with Gasteiger partial charge in [0.1, 0.15) is 11.9 Å². The lowest BCUT2D eigenvalue weighted by Gasteiger charge is -2.12. The molecule has 4 nitrogen and oxygen atoms in total. The Hall–Kier alpha value is -2.36. The molecule has 0 amide bonds. The number of pyridine rings is 1. The first-order valence-corrected chi connectivity index (χ1v) is 6.99. The summed E-state index contributed by atoms with van der Waals surface area (Å²) in [7, 11) is 8.15. The zero-order chi connectivity index (χ0) is 15.4. The summed E-state index contributed by atoms with van der Waals surface area (Å²) in [5.41, 5.74) is 4.55. The second kappa shape index (κ2) is 6.39. The summed E-state index contributed by atoms with van der Waals surface area (Å²) < 4.78 is 1.90. The Morgan fingerprint density at radius 1 is 0.952 bits per heavy atom. The molecule has 0 saturated heterocycles. The number of rotatable bonds is 4. The molecule has 4 heteroatoms. The second-order valence-electron chi connectivity index (χ2n) is 5.45. The molecule has 0 aliphatic carbocycles. The lowest BCUT2D eigenvalue weighted by atomic mass is 10.2. The highest BCUT2D eigenvalue weighted by atomic mass is 15.3. The second-order valence-corrected chi connectivity index (χ2v) is 5.45. The molecule has 0 aliphatic rings. The third-order valence-corrected chi connectivity index (χ3v) is 3.42. The van der Waals surface area contributed by atoms with E-state index in [1.807, 2.05) is 51.3 Å². The summed E-state index contributed by atoms with van der Waals surface area (Å²) >= 11 is 0. The average Bonchev–Trinajstić information content (AvgIpc) is 2.46. The van der Waals surface area contributed by atoms with E-state index in [0.29, 0.717) is 0 Å². The van der Waals surface area contributed by atoms with E-state index < -0.39 is 0 Å². The zero-order valence-electron chi connectivity index (χ0n) is 13.4. The van der Waals surface area contributed by atoms with Gasteiger partial charge in [-0.3, -0.25) is 0 Å². The molecule has 0 fully saturated rings. The van der Waals surface area contributed by atoms with Gasteiger partial charge in [-0.2, -0.15) is 0 Å². The van der Waals surface area contributed by atoms with Crippen LogP contribution in [0.5, 0.6) is 0 Å². The summed E-state index contributed by atoms with van der Waals surface area (Å²) in [5.74, 6) is 0. The van der Waals surface area contributed by atoms with Gasteiger partial charge in [0.2, 0.25) is 11.9 Å². The van der Waals surface area contributed by atoms with Gasteiger partial charge in [-0.15, -0.1) is 0 Å². The van der Waals surface area contributed by atoms with Crippen molar-refractivity contribution in [3.05, 3.63) is 53.9 Å². The predicted molar refractivity (Wildman–Crippen MR) is 89.5 cm³/mol. The van der Waals surface area contributed by atoms with Crippen LogP contribution in [0.4, 0.5) is 11.4 Å². The third kappa shape index (κ3) is 3.60. The summed E-state index contributed by atoms with van der Waals surface area (Å²) in [5, 5.41) is 4.54. The minimum atomic E-state index is 1.09. The summed E-state index contributed by atoms with van der Waals surface area (Å²) in [6.45, 7) is 2.07. The molecule has 2 aromatic rings. The van der Waals surface area contributed by atoms with E-state index in [9.17, 15) is 0 Å². The zero-order valence-corrected chi connectivity index (χ0v) is 13.4. The fourth-order valence-corrected chi connectivity index (χ4v) is 2.15. The van der Waals surface area contributed by atoms with Crippen molar-refractivity contribution in [3.8, 4) is 0 Å². The molecule has 21 heavy (non-hydrogen) atoms. The Balaban J connectivity index is 2.23. The number of aromatic nitrogens is 1. The highest BCUT2D eigenvalue weighted by molar-refractivity contribution is 5.79. The van der Waals surface area contributed by atoms with Gasteiger partial charge in [-0.05, 0) is 28.9 Å². The molecule has 1 heterocycles. The van der Waals surface area contributed by atoms with Gasteiger partial charge < -0.3 is 9.80 Å². The number of nitrogens with zero attached hydrogens (tertiary/aromatic N) is 4. The first-order chi connectivity index (χ1) is 9.99. The minimum absolute atomic E-state index is 1.09. The van der Waals surface area contributed by atoms with Crippen LogP contribution in [0, 0.1) is 6.92 Å². The molecule has 110 valence electrons. The Morgan fingerprint density at radius 3 is 2.19 bits per heavy atom. The van der Waals surface area contributed by atoms with Gasteiger partial charge in [0, 0.05) is 46.9 Å². The smallest absolute Gasteiger partial charge is 0.234 e. The van der Waals surface area contributed by atoms with E-state index in [0.717, 1.165) is 16.9 Å². The lowest BCUT2D eigenvalue weighted by Crippen LogP contribution is -2.33. The van der Waals surface area contributed by atoms with E-state index in [2.05, 4.69) is 52.2 Å². The largest absolute Gasteiger partial charge is 0.378 e. The monoisotopic (exact) mass is 283 g/mol. The fraction of sp³-hybridized carbons (Fsp3) is 0.294. The fourth-order valence-electron chi connectivity index (χ4n) is 2.15. The van der Waals surface area contributed by atoms with Crippen molar-refractivity contribution in [2.75, 3.05) is 38.0 Å². The van der Waals surface area contributed by atoms with E-state index in [1.54, 1.807) is 0 Å². The van der Waals surface area contributed by atoms with Gasteiger partial charge >= 0.3 is 0 Å². The van der Waals surface area contributed by atoms with Crippen molar-refractivity contribution < 1.29 is 4.68 Å². The molecule has 2 rings (SSSR count). The van der Waals surface area contributed by atoms with Crippen LogP contribution in [-0.2, 0) is 0 Å². The number of hydrogen-bond acceptors (Lipinski definition) is 3. The highest BCUT2D eigenvalue weighted by Crippen LogP contribution is 2.13. The molecule has 0 spiro atoms. The predicted octanol–water partition coefficient (Wildman–Crippen LogP) is 2.30. The Morgan fingerprint density at radius 2 is 1.62 bits per heavy atom. The van der Waals surface area contributed by atoms with Crippen LogP contribution in [-0.4, -0.2) is 34.4 Å². The summed E-state index contributed by atoms with van der Waals surface area (Å²) in [6.07, 6.45) is 3.85. The molecule has 0 radical (unpaired) electrons. The molecule has 0 atom stereocenters. The van der Waals surface area contributed by atoms with Crippen molar-refractivity contribution in [1.82, 2.24) is 0 Å². The summed E-state index contributed by atoms with van der Waals surface area (Å²) in [4.78, 5) is 4.17. The molecular weight excluding hydrogens is 260 g/mol. The molecule has 0 bridgehead atoms. The minimum Gasteiger partial charge on any atom is -0.378 e. The van der Waals surface area contributed by atoms with E-state index >= 15 is 0 Å². The van der Waals surface area contributed by atoms with Gasteiger partial charge in [0.15, 0.2) is 0 Å². The van der Waals surface area contributed by atoms with Crippen LogP contribution in [0.25, 0.3) is 0 Å². The Bertz CT molecular complexity index is 628. The Labute approximate surface area is 126 Å². The molecule has 0 unspecified atom stereocenters. The highest BCUT2D eigenvalue weighted by Gasteiger charge is 2.11.